The molecular weight excluding hydrogens is 218 g/mol. The molecule has 0 radical (unpaired) electrons. The molecule has 3 nitrogen and oxygen atoms in total. The number of rotatable bonds is 1. The zero-order valence-corrected chi connectivity index (χ0v) is 10.4. The molecule has 1 atom stereocenters. The normalized spacial score (nSPS) is 26.1. The van der Waals surface area contributed by atoms with Gasteiger partial charge in [-0.3, -0.25) is 4.68 Å². The van der Waals surface area contributed by atoms with Crippen LogP contribution in [0.5, 0.6) is 0 Å². The first-order valence-electron chi connectivity index (χ1n) is 6.37. The fourth-order valence-electron chi connectivity index (χ4n) is 2.51. The van der Waals surface area contributed by atoms with E-state index in [2.05, 4.69) is 16.1 Å². The van der Waals surface area contributed by atoms with Crippen molar-refractivity contribution in [3.63, 3.8) is 0 Å². The fraction of sp³-hybridized carbons (Fsp3) is 0.750. The zero-order valence-electron chi connectivity index (χ0n) is 9.61. The summed E-state index contributed by atoms with van der Waals surface area (Å²) < 4.78 is 2.21. The molecule has 0 amide bonds. The van der Waals surface area contributed by atoms with E-state index in [0.717, 1.165) is 13.1 Å². The minimum atomic E-state index is 0.508. The van der Waals surface area contributed by atoms with Crippen LogP contribution in [-0.4, -0.2) is 22.1 Å². The number of aryl methyl sites for hydroxylation is 1. The van der Waals surface area contributed by atoms with Crippen LogP contribution in [0.2, 0.25) is 0 Å². The van der Waals surface area contributed by atoms with Gasteiger partial charge in [-0.05, 0) is 44.0 Å². The van der Waals surface area contributed by atoms with E-state index < -0.39 is 0 Å². The Kier molecular flexibility index (Phi) is 3.20. The van der Waals surface area contributed by atoms with Gasteiger partial charge in [-0.25, -0.2) is 0 Å². The molecule has 0 aliphatic carbocycles. The van der Waals surface area contributed by atoms with Crippen molar-refractivity contribution in [3.05, 3.63) is 11.8 Å². The van der Waals surface area contributed by atoms with Crippen LogP contribution in [0.4, 0.5) is 0 Å². The number of hydrogen-bond acceptors (Lipinski definition) is 3. The number of nitrogens with one attached hydrogen (secondary N) is 1. The number of nitrogens with zero attached hydrogens (tertiary/aromatic N) is 2. The average molecular weight is 237 g/mol. The molecule has 1 unspecified atom stereocenters. The molecule has 2 aliphatic rings. The first-order chi connectivity index (χ1) is 7.93. The van der Waals surface area contributed by atoms with Crippen LogP contribution < -0.4 is 5.32 Å². The van der Waals surface area contributed by atoms with E-state index in [1.807, 2.05) is 11.8 Å². The van der Waals surface area contributed by atoms with Gasteiger partial charge >= 0.3 is 0 Å². The summed E-state index contributed by atoms with van der Waals surface area (Å²) in [5, 5.41) is 9.72. The Hall–Kier alpha value is -0.480. The molecule has 1 N–H and O–H groups in total. The van der Waals surface area contributed by atoms with E-state index in [4.69, 9.17) is 5.10 Å². The Bertz CT molecular complexity index is 332. The maximum atomic E-state index is 4.77. The van der Waals surface area contributed by atoms with Gasteiger partial charge in [0.2, 0.25) is 0 Å². The summed E-state index contributed by atoms with van der Waals surface area (Å²) in [7, 11) is 0. The highest BCUT2D eigenvalue weighted by atomic mass is 32.2. The first-order valence-corrected chi connectivity index (χ1v) is 7.36. The molecule has 3 heterocycles. The number of aromatic nitrogens is 2. The van der Waals surface area contributed by atoms with Crippen molar-refractivity contribution < 1.29 is 0 Å². The number of hydrogen-bond donors (Lipinski definition) is 1. The Morgan fingerprint density at radius 3 is 3.19 bits per heavy atom. The van der Waals surface area contributed by atoms with E-state index >= 15 is 0 Å². The monoisotopic (exact) mass is 237 g/mol. The predicted octanol–water partition coefficient (Wildman–Crippen LogP) is 2.58. The van der Waals surface area contributed by atoms with Gasteiger partial charge in [-0.1, -0.05) is 6.42 Å². The third-order valence-corrected chi connectivity index (χ3v) is 4.56. The van der Waals surface area contributed by atoms with E-state index in [1.54, 1.807) is 0 Å². The number of fused-ring (bicyclic) bond motifs is 1. The molecule has 16 heavy (non-hydrogen) atoms. The number of thioether (sulfide) groups is 1. The standard InChI is InChI=1S/C12H19N3S/c1-2-6-13-10(5-1)11-9-12-15(14-11)7-3-4-8-16-12/h9-10,13H,1-8H2. The highest BCUT2D eigenvalue weighted by Gasteiger charge is 2.20. The van der Waals surface area contributed by atoms with Gasteiger partial charge in [-0.2, -0.15) is 5.10 Å². The summed E-state index contributed by atoms with van der Waals surface area (Å²) in [6, 6.07) is 2.81. The van der Waals surface area contributed by atoms with Crippen molar-refractivity contribution in [3.8, 4) is 0 Å². The second kappa shape index (κ2) is 4.80. The first kappa shape index (κ1) is 10.7. The van der Waals surface area contributed by atoms with Crippen LogP contribution in [-0.2, 0) is 6.54 Å². The fourth-order valence-corrected chi connectivity index (χ4v) is 3.55. The smallest absolute Gasteiger partial charge is 0.0943 e. The Labute approximate surface area is 101 Å². The minimum Gasteiger partial charge on any atom is -0.309 e. The van der Waals surface area contributed by atoms with E-state index in [1.165, 1.54) is 48.6 Å². The molecule has 4 heteroatoms. The summed E-state index contributed by atoms with van der Waals surface area (Å²) in [5.41, 5.74) is 1.27. The summed E-state index contributed by atoms with van der Waals surface area (Å²) >= 11 is 1.97. The van der Waals surface area contributed by atoms with E-state index in [9.17, 15) is 0 Å². The third kappa shape index (κ3) is 2.13. The van der Waals surface area contributed by atoms with Gasteiger partial charge in [0.1, 0.15) is 0 Å². The highest BCUT2D eigenvalue weighted by Crippen LogP contribution is 2.29. The van der Waals surface area contributed by atoms with E-state index in [0.29, 0.717) is 6.04 Å². The van der Waals surface area contributed by atoms with Crippen molar-refractivity contribution >= 4 is 11.8 Å². The van der Waals surface area contributed by atoms with Gasteiger partial charge in [-0.15, -0.1) is 11.8 Å². The van der Waals surface area contributed by atoms with Crippen LogP contribution in [0, 0.1) is 0 Å². The number of piperidine rings is 1. The van der Waals surface area contributed by atoms with Gasteiger partial charge in [0.15, 0.2) is 0 Å². The molecule has 1 aromatic rings. The van der Waals surface area contributed by atoms with Crippen LogP contribution in [0.1, 0.15) is 43.8 Å². The van der Waals surface area contributed by atoms with Gasteiger partial charge in [0.05, 0.1) is 16.8 Å². The Balaban J connectivity index is 1.80. The molecule has 1 fully saturated rings. The van der Waals surface area contributed by atoms with Gasteiger partial charge < -0.3 is 5.32 Å². The van der Waals surface area contributed by atoms with Crippen molar-refractivity contribution in [1.82, 2.24) is 15.1 Å². The third-order valence-electron chi connectivity index (χ3n) is 3.44. The molecule has 2 aliphatic heterocycles. The summed E-state index contributed by atoms with van der Waals surface area (Å²) in [5.74, 6) is 1.25. The Morgan fingerprint density at radius 1 is 1.31 bits per heavy atom. The molecule has 1 aromatic heterocycles. The molecule has 88 valence electrons. The largest absolute Gasteiger partial charge is 0.309 e. The lowest BCUT2D eigenvalue weighted by Crippen LogP contribution is -2.27. The topological polar surface area (TPSA) is 29.9 Å². The summed E-state index contributed by atoms with van der Waals surface area (Å²) in [4.78, 5) is 0. The van der Waals surface area contributed by atoms with Crippen LogP contribution in [0.3, 0.4) is 0 Å². The SMILES string of the molecule is c1c(C2CCCCN2)nn2c1SCCCC2. The zero-order chi connectivity index (χ0) is 10.8. The maximum Gasteiger partial charge on any atom is 0.0943 e. The average Bonchev–Trinajstić information content (AvgIpc) is 2.62. The summed E-state index contributed by atoms with van der Waals surface area (Å²) in [6.07, 6.45) is 6.51. The lowest BCUT2D eigenvalue weighted by Gasteiger charge is -2.21. The Morgan fingerprint density at radius 2 is 2.31 bits per heavy atom. The quantitative estimate of drug-likeness (QED) is 0.814. The molecule has 0 saturated carbocycles. The van der Waals surface area contributed by atoms with Crippen molar-refractivity contribution in [2.75, 3.05) is 12.3 Å². The van der Waals surface area contributed by atoms with Crippen LogP contribution in [0.25, 0.3) is 0 Å². The van der Waals surface area contributed by atoms with Gasteiger partial charge in [0, 0.05) is 6.54 Å². The van der Waals surface area contributed by atoms with Crippen LogP contribution >= 0.6 is 11.8 Å². The predicted molar refractivity (Wildman–Crippen MR) is 66.8 cm³/mol. The van der Waals surface area contributed by atoms with Crippen molar-refractivity contribution in [2.45, 2.75) is 49.7 Å². The second-order valence-corrected chi connectivity index (χ2v) is 5.80. The maximum absolute atomic E-state index is 4.77. The molecule has 0 spiro atoms. The summed E-state index contributed by atoms with van der Waals surface area (Å²) in [6.45, 7) is 2.26. The van der Waals surface area contributed by atoms with Crippen molar-refractivity contribution in [2.24, 2.45) is 0 Å². The minimum absolute atomic E-state index is 0.508. The molecule has 1 saturated heterocycles. The van der Waals surface area contributed by atoms with Crippen molar-refractivity contribution in [1.29, 1.82) is 0 Å². The molecule has 0 bridgehead atoms. The van der Waals surface area contributed by atoms with E-state index in [-0.39, 0.29) is 0 Å². The van der Waals surface area contributed by atoms with Crippen LogP contribution in [0.15, 0.2) is 11.1 Å². The lowest BCUT2D eigenvalue weighted by molar-refractivity contribution is 0.399. The second-order valence-electron chi connectivity index (χ2n) is 4.69. The molecule has 0 aromatic carbocycles. The highest BCUT2D eigenvalue weighted by molar-refractivity contribution is 7.99. The lowest BCUT2D eigenvalue weighted by atomic mass is 10.0. The van der Waals surface area contributed by atoms with Gasteiger partial charge in [0.25, 0.3) is 0 Å². The molecular formula is C12H19N3S. The molecule has 3 rings (SSSR count).